The molecule has 0 fully saturated rings. The molecule has 0 aliphatic carbocycles. The summed E-state index contributed by atoms with van der Waals surface area (Å²) >= 11 is 0. The van der Waals surface area contributed by atoms with Crippen LogP contribution in [0.5, 0.6) is 0 Å². The van der Waals surface area contributed by atoms with E-state index >= 15 is 0 Å². The van der Waals surface area contributed by atoms with Crippen molar-refractivity contribution in [2.24, 2.45) is 0 Å². The number of benzene rings is 2. The smallest absolute Gasteiger partial charge is 0.00990 e. The largest absolute Gasteiger partial charge is 0.0651 e. The molecule has 0 aliphatic heterocycles. The molecule has 0 N–H and O–H groups in total. The van der Waals surface area contributed by atoms with Crippen LogP contribution in [0.1, 0.15) is 18.9 Å². The summed E-state index contributed by atoms with van der Waals surface area (Å²) in [6, 6.07) is 20.1. The first kappa shape index (κ1) is 9.97. The van der Waals surface area contributed by atoms with Gasteiger partial charge < -0.3 is 0 Å². The minimum Gasteiger partial charge on any atom is -0.0651 e. The standard InChI is InChI=1S/C15H15/c1-2-7-13-8-6-11-15(12-13)14-9-4-3-5-10-14/h3-6,8-10,12H,2,7H2,1H3. The Morgan fingerprint density at radius 2 is 1.87 bits per heavy atom. The molecule has 2 rings (SSSR count). The highest BCUT2D eigenvalue weighted by molar-refractivity contribution is 5.63. The van der Waals surface area contributed by atoms with Crippen LogP contribution in [0.15, 0.2) is 48.5 Å². The van der Waals surface area contributed by atoms with E-state index in [2.05, 4.69) is 49.4 Å². The van der Waals surface area contributed by atoms with Crippen LogP contribution >= 0.6 is 0 Å². The number of aryl methyl sites for hydroxylation is 1. The molecule has 75 valence electrons. The van der Waals surface area contributed by atoms with E-state index in [1.165, 1.54) is 23.1 Å². The average molecular weight is 195 g/mol. The van der Waals surface area contributed by atoms with Gasteiger partial charge >= 0.3 is 0 Å². The van der Waals surface area contributed by atoms with Gasteiger partial charge in [-0.25, -0.2) is 0 Å². The molecule has 0 unspecified atom stereocenters. The second-order valence-electron chi connectivity index (χ2n) is 3.73. The second-order valence-corrected chi connectivity index (χ2v) is 3.73. The van der Waals surface area contributed by atoms with Crippen molar-refractivity contribution in [1.29, 1.82) is 0 Å². The van der Waals surface area contributed by atoms with Crippen LogP contribution in [-0.2, 0) is 6.42 Å². The van der Waals surface area contributed by atoms with Crippen molar-refractivity contribution in [1.82, 2.24) is 0 Å². The lowest BCUT2D eigenvalue weighted by atomic mass is 10.0. The summed E-state index contributed by atoms with van der Waals surface area (Å²) in [7, 11) is 0. The van der Waals surface area contributed by atoms with Gasteiger partial charge in [-0.1, -0.05) is 61.9 Å². The molecular formula is C15H15. The highest BCUT2D eigenvalue weighted by Gasteiger charge is 1.97. The molecule has 0 nitrogen and oxygen atoms in total. The molecule has 1 radical (unpaired) electrons. The van der Waals surface area contributed by atoms with E-state index in [4.69, 9.17) is 0 Å². The van der Waals surface area contributed by atoms with Gasteiger partial charge in [0.15, 0.2) is 0 Å². The molecule has 0 heterocycles. The Kier molecular flexibility index (Phi) is 3.18. The fourth-order valence-electron chi connectivity index (χ4n) is 1.74. The molecule has 15 heavy (non-hydrogen) atoms. The Morgan fingerprint density at radius 3 is 2.60 bits per heavy atom. The van der Waals surface area contributed by atoms with Gasteiger partial charge in [-0.3, -0.25) is 0 Å². The maximum Gasteiger partial charge on any atom is -0.00990 e. The van der Waals surface area contributed by atoms with E-state index in [1.807, 2.05) is 12.1 Å². The van der Waals surface area contributed by atoms with Crippen LogP contribution in [0.2, 0.25) is 0 Å². The summed E-state index contributed by atoms with van der Waals surface area (Å²) in [4.78, 5) is 0. The normalized spacial score (nSPS) is 10.2. The SMILES string of the molecule is CCCc1cc[c]c(-c2ccccc2)c1. The maximum absolute atomic E-state index is 3.28. The topological polar surface area (TPSA) is 0 Å². The lowest BCUT2D eigenvalue weighted by Gasteiger charge is -2.03. The molecule has 0 amide bonds. The maximum atomic E-state index is 3.28. The predicted octanol–water partition coefficient (Wildman–Crippen LogP) is 4.11. The number of rotatable bonds is 3. The summed E-state index contributed by atoms with van der Waals surface area (Å²) in [5, 5.41) is 0. The Balaban J connectivity index is 2.33. The van der Waals surface area contributed by atoms with Gasteiger partial charge in [0, 0.05) is 0 Å². The highest BCUT2D eigenvalue weighted by Crippen LogP contribution is 2.19. The minimum atomic E-state index is 1.15. The molecule has 2 aromatic rings. The van der Waals surface area contributed by atoms with Crippen LogP contribution in [0.4, 0.5) is 0 Å². The molecule has 2 aromatic carbocycles. The summed E-state index contributed by atoms with van der Waals surface area (Å²) in [5.41, 5.74) is 3.84. The van der Waals surface area contributed by atoms with Gasteiger partial charge in [-0.15, -0.1) is 0 Å². The van der Waals surface area contributed by atoms with Crippen molar-refractivity contribution < 1.29 is 0 Å². The second kappa shape index (κ2) is 4.79. The molecule has 0 bridgehead atoms. The quantitative estimate of drug-likeness (QED) is 0.691. The molecule has 0 saturated carbocycles. The molecule has 0 aromatic heterocycles. The van der Waals surface area contributed by atoms with Crippen molar-refractivity contribution >= 4 is 0 Å². The van der Waals surface area contributed by atoms with Crippen LogP contribution in [0.3, 0.4) is 0 Å². The van der Waals surface area contributed by atoms with E-state index in [-0.39, 0.29) is 0 Å². The predicted molar refractivity (Wildman–Crippen MR) is 64.7 cm³/mol. The fourth-order valence-corrected chi connectivity index (χ4v) is 1.74. The third-order valence-corrected chi connectivity index (χ3v) is 2.49. The summed E-state index contributed by atoms with van der Waals surface area (Å²) in [5.74, 6) is 0. The van der Waals surface area contributed by atoms with E-state index in [9.17, 15) is 0 Å². The zero-order valence-electron chi connectivity index (χ0n) is 9.03. The van der Waals surface area contributed by atoms with Gasteiger partial charge in [-0.2, -0.15) is 0 Å². The Bertz CT molecular complexity index is 415. The van der Waals surface area contributed by atoms with Crippen LogP contribution < -0.4 is 0 Å². The lowest BCUT2D eigenvalue weighted by molar-refractivity contribution is 0.922. The van der Waals surface area contributed by atoms with Crippen molar-refractivity contribution in [2.75, 3.05) is 0 Å². The summed E-state index contributed by atoms with van der Waals surface area (Å²) < 4.78 is 0. The van der Waals surface area contributed by atoms with Crippen molar-refractivity contribution in [2.45, 2.75) is 19.8 Å². The van der Waals surface area contributed by atoms with Crippen molar-refractivity contribution in [3.63, 3.8) is 0 Å². The molecular weight excluding hydrogens is 180 g/mol. The average Bonchev–Trinajstić information content (AvgIpc) is 2.31. The third kappa shape index (κ3) is 2.47. The van der Waals surface area contributed by atoms with Crippen LogP contribution in [0, 0.1) is 6.07 Å². The van der Waals surface area contributed by atoms with E-state index in [0.29, 0.717) is 0 Å². The fraction of sp³-hybridized carbons (Fsp3) is 0.200. The molecule has 0 aliphatic rings. The Labute approximate surface area is 91.6 Å². The zero-order chi connectivity index (χ0) is 10.5. The van der Waals surface area contributed by atoms with Crippen LogP contribution in [0.25, 0.3) is 11.1 Å². The van der Waals surface area contributed by atoms with Gasteiger partial charge in [0.2, 0.25) is 0 Å². The third-order valence-electron chi connectivity index (χ3n) is 2.49. The monoisotopic (exact) mass is 195 g/mol. The minimum absolute atomic E-state index is 1.15. The van der Waals surface area contributed by atoms with Crippen molar-refractivity contribution in [3.8, 4) is 11.1 Å². The lowest BCUT2D eigenvalue weighted by Crippen LogP contribution is -1.84. The van der Waals surface area contributed by atoms with Gasteiger partial charge in [-0.05, 0) is 29.2 Å². The molecule has 0 spiro atoms. The van der Waals surface area contributed by atoms with Gasteiger partial charge in [0.05, 0.1) is 0 Å². The van der Waals surface area contributed by atoms with E-state index < -0.39 is 0 Å². The number of hydrogen-bond acceptors (Lipinski definition) is 0. The van der Waals surface area contributed by atoms with Crippen molar-refractivity contribution in [3.05, 3.63) is 60.2 Å². The molecule has 0 atom stereocenters. The first-order chi connectivity index (χ1) is 7.40. The van der Waals surface area contributed by atoms with Crippen LogP contribution in [-0.4, -0.2) is 0 Å². The first-order valence-corrected chi connectivity index (χ1v) is 5.46. The van der Waals surface area contributed by atoms with Gasteiger partial charge in [0.25, 0.3) is 0 Å². The first-order valence-electron chi connectivity index (χ1n) is 5.46. The Hall–Kier alpha value is -1.56. The highest BCUT2D eigenvalue weighted by atomic mass is 14.0. The van der Waals surface area contributed by atoms with E-state index in [1.54, 1.807) is 0 Å². The number of hydrogen-bond donors (Lipinski definition) is 0. The summed E-state index contributed by atoms with van der Waals surface area (Å²) in [6.45, 7) is 2.21. The summed E-state index contributed by atoms with van der Waals surface area (Å²) in [6.07, 6.45) is 2.34. The van der Waals surface area contributed by atoms with Gasteiger partial charge in [0.1, 0.15) is 0 Å². The van der Waals surface area contributed by atoms with E-state index in [0.717, 1.165) is 6.42 Å². The molecule has 0 saturated heterocycles. The molecule has 0 heteroatoms. The Morgan fingerprint density at radius 1 is 1.07 bits per heavy atom. The zero-order valence-corrected chi connectivity index (χ0v) is 9.03.